The topological polar surface area (TPSA) is 64.8 Å². The minimum Gasteiger partial charge on any atom is -0.380 e. The van der Waals surface area contributed by atoms with E-state index < -0.39 is 6.10 Å². The van der Waals surface area contributed by atoms with Gasteiger partial charge in [0.1, 0.15) is 6.10 Å². The lowest BCUT2D eigenvalue weighted by Crippen LogP contribution is -2.42. The lowest BCUT2D eigenvalue weighted by molar-refractivity contribution is -0.140. The molecular formula is C9H18N2O3. The minimum atomic E-state index is -0.509. The molecule has 5 nitrogen and oxygen atoms in total. The number of methoxy groups -OCH3 is 2. The zero-order valence-corrected chi connectivity index (χ0v) is 8.73. The van der Waals surface area contributed by atoms with Crippen molar-refractivity contribution in [1.82, 2.24) is 4.90 Å². The Bertz CT molecular complexity index is 194. The van der Waals surface area contributed by atoms with Gasteiger partial charge < -0.3 is 20.1 Å². The van der Waals surface area contributed by atoms with Crippen molar-refractivity contribution in [2.75, 3.05) is 33.9 Å². The first kappa shape index (κ1) is 11.4. The maximum atomic E-state index is 11.7. The molecule has 0 aliphatic carbocycles. The summed E-state index contributed by atoms with van der Waals surface area (Å²) in [6.07, 6.45) is 0.545. The van der Waals surface area contributed by atoms with Crippen LogP contribution in [0.25, 0.3) is 0 Å². The second kappa shape index (κ2) is 5.29. The van der Waals surface area contributed by atoms with E-state index in [0.717, 1.165) is 13.0 Å². The molecule has 1 fully saturated rings. The maximum Gasteiger partial charge on any atom is 0.253 e. The monoisotopic (exact) mass is 202 g/mol. The van der Waals surface area contributed by atoms with Crippen LogP contribution < -0.4 is 5.73 Å². The zero-order valence-electron chi connectivity index (χ0n) is 8.73. The van der Waals surface area contributed by atoms with Crippen molar-refractivity contribution in [1.29, 1.82) is 0 Å². The summed E-state index contributed by atoms with van der Waals surface area (Å²) in [4.78, 5) is 13.5. The maximum absolute atomic E-state index is 11.7. The number of nitrogens with zero attached hydrogens (tertiary/aromatic N) is 1. The van der Waals surface area contributed by atoms with Crippen molar-refractivity contribution in [3.63, 3.8) is 0 Å². The Kier molecular flexibility index (Phi) is 4.31. The summed E-state index contributed by atoms with van der Waals surface area (Å²) in [6, 6.07) is 0. The summed E-state index contributed by atoms with van der Waals surface area (Å²) in [5.74, 6) is -0.0328. The Morgan fingerprint density at radius 3 is 2.79 bits per heavy atom. The number of likely N-dealkylation sites (tertiary alicyclic amines) is 1. The summed E-state index contributed by atoms with van der Waals surface area (Å²) < 4.78 is 10.2. The van der Waals surface area contributed by atoms with Crippen LogP contribution in [0.15, 0.2) is 0 Å². The summed E-state index contributed by atoms with van der Waals surface area (Å²) in [6.45, 7) is 1.61. The van der Waals surface area contributed by atoms with Crippen molar-refractivity contribution in [3.8, 4) is 0 Å². The molecule has 1 heterocycles. The number of carbonyl (C=O) groups is 1. The van der Waals surface area contributed by atoms with E-state index in [9.17, 15) is 4.79 Å². The SMILES string of the molecule is COC(CN)C(=O)N1CC[C@H](OC)C1. The number of carbonyl (C=O) groups excluding carboxylic acids is 1. The van der Waals surface area contributed by atoms with Gasteiger partial charge in [-0.15, -0.1) is 0 Å². The number of rotatable bonds is 4. The van der Waals surface area contributed by atoms with E-state index in [-0.39, 0.29) is 18.6 Å². The highest BCUT2D eigenvalue weighted by Crippen LogP contribution is 2.13. The number of hydrogen-bond donors (Lipinski definition) is 1. The van der Waals surface area contributed by atoms with Gasteiger partial charge in [0.05, 0.1) is 6.10 Å². The molecule has 82 valence electrons. The number of hydrogen-bond acceptors (Lipinski definition) is 4. The Morgan fingerprint density at radius 1 is 1.64 bits per heavy atom. The smallest absolute Gasteiger partial charge is 0.253 e. The van der Waals surface area contributed by atoms with Gasteiger partial charge in [-0.2, -0.15) is 0 Å². The third-order valence-electron chi connectivity index (χ3n) is 2.56. The molecule has 5 heteroatoms. The van der Waals surface area contributed by atoms with Crippen LogP contribution in [0.5, 0.6) is 0 Å². The first-order valence-electron chi connectivity index (χ1n) is 4.77. The first-order valence-corrected chi connectivity index (χ1v) is 4.77. The molecule has 0 aromatic carbocycles. The quantitative estimate of drug-likeness (QED) is 0.648. The second-order valence-corrected chi connectivity index (χ2v) is 3.39. The van der Waals surface area contributed by atoms with Gasteiger partial charge in [0.2, 0.25) is 0 Å². The highest BCUT2D eigenvalue weighted by Gasteiger charge is 2.30. The molecule has 14 heavy (non-hydrogen) atoms. The van der Waals surface area contributed by atoms with Crippen molar-refractivity contribution in [3.05, 3.63) is 0 Å². The number of nitrogens with two attached hydrogens (primary N) is 1. The minimum absolute atomic E-state index is 0.0328. The van der Waals surface area contributed by atoms with Gasteiger partial charge in [-0.1, -0.05) is 0 Å². The normalized spacial score (nSPS) is 23.9. The van der Waals surface area contributed by atoms with E-state index in [4.69, 9.17) is 15.2 Å². The van der Waals surface area contributed by atoms with Crippen LogP contribution in [-0.4, -0.2) is 56.9 Å². The van der Waals surface area contributed by atoms with Gasteiger partial charge in [-0.25, -0.2) is 0 Å². The second-order valence-electron chi connectivity index (χ2n) is 3.39. The molecule has 1 unspecified atom stereocenters. The van der Waals surface area contributed by atoms with E-state index in [1.807, 2.05) is 0 Å². The molecular weight excluding hydrogens is 184 g/mol. The number of amides is 1. The highest BCUT2D eigenvalue weighted by atomic mass is 16.5. The highest BCUT2D eigenvalue weighted by molar-refractivity contribution is 5.81. The van der Waals surface area contributed by atoms with Crippen molar-refractivity contribution in [2.24, 2.45) is 5.73 Å². The molecule has 2 N–H and O–H groups in total. The average Bonchev–Trinajstić information content (AvgIpc) is 2.67. The van der Waals surface area contributed by atoms with Gasteiger partial charge in [0, 0.05) is 33.9 Å². The van der Waals surface area contributed by atoms with Gasteiger partial charge in [-0.05, 0) is 6.42 Å². The van der Waals surface area contributed by atoms with E-state index >= 15 is 0 Å². The first-order chi connectivity index (χ1) is 6.72. The molecule has 1 amide bonds. The Hall–Kier alpha value is -0.650. The zero-order chi connectivity index (χ0) is 10.6. The third-order valence-corrected chi connectivity index (χ3v) is 2.56. The van der Waals surface area contributed by atoms with E-state index in [0.29, 0.717) is 6.54 Å². The summed E-state index contributed by atoms with van der Waals surface area (Å²) >= 11 is 0. The summed E-state index contributed by atoms with van der Waals surface area (Å²) in [7, 11) is 3.16. The predicted molar refractivity (Wildman–Crippen MR) is 51.8 cm³/mol. The van der Waals surface area contributed by atoms with Crippen LogP contribution >= 0.6 is 0 Å². The molecule has 1 rings (SSSR count). The molecule has 1 aliphatic rings. The standard InChI is InChI=1S/C9H18N2O3/c1-13-7-3-4-11(6-7)9(12)8(5-10)14-2/h7-8H,3-6,10H2,1-2H3/t7-,8?/m0/s1. The van der Waals surface area contributed by atoms with Gasteiger partial charge in [-0.3, -0.25) is 4.79 Å². The lowest BCUT2D eigenvalue weighted by atomic mass is 10.3. The largest absolute Gasteiger partial charge is 0.380 e. The van der Waals surface area contributed by atoms with E-state index in [1.165, 1.54) is 7.11 Å². The van der Waals surface area contributed by atoms with E-state index in [2.05, 4.69) is 0 Å². The van der Waals surface area contributed by atoms with Crippen LogP contribution in [0.1, 0.15) is 6.42 Å². The van der Waals surface area contributed by atoms with Gasteiger partial charge in [0.15, 0.2) is 0 Å². The molecule has 0 aromatic rings. The molecule has 0 bridgehead atoms. The average molecular weight is 202 g/mol. The molecule has 0 aromatic heterocycles. The Labute approximate surface area is 84.1 Å². The van der Waals surface area contributed by atoms with Crippen LogP contribution in [0.2, 0.25) is 0 Å². The van der Waals surface area contributed by atoms with E-state index in [1.54, 1.807) is 12.0 Å². The van der Waals surface area contributed by atoms with Crippen molar-refractivity contribution < 1.29 is 14.3 Å². The Balaban J connectivity index is 2.45. The molecule has 0 radical (unpaired) electrons. The molecule has 0 saturated carbocycles. The lowest BCUT2D eigenvalue weighted by Gasteiger charge is -2.21. The molecule has 1 aliphatic heterocycles. The fourth-order valence-electron chi connectivity index (χ4n) is 1.62. The predicted octanol–water partition coefficient (Wildman–Crippen LogP) is -0.793. The number of ether oxygens (including phenoxy) is 2. The van der Waals surface area contributed by atoms with Gasteiger partial charge in [0.25, 0.3) is 5.91 Å². The fourth-order valence-corrected chi connectivity index (χ4v) is 1.62. The van der Waals surface area contributed by atoms with Crippen molar-refractivity contribution >= 4 is 5.91 Å². The van der Waals surface area contributed by atoms with Crippen LogP contribution in [0.4, 0.5) is 0 Å². The fraction of sp³-hybridized carbons (Fsp3) is 0.889. The van der Waals surface area contributed by atoms with Crippen LogP contribution in [-0.2, 0) is 14.3 Å². The molecule has 2 atom stereocenters. The van der Waals surface area contributed by atoms with Crippen molar-refractivity contribution in [2.45, 2.75) is 18.6 Å². The Morgan fingerprint density at radius 2 is 2.36 bits per heavy atom. The third kappa shape index (κ3) is 2.43. The summed E-state index contributed by atoms with van der Waals surface area (Å²) in [5.41, 5.74) is 5.42. The van der Waals surface area contributed by atoms with Gasteiger partial charge >= 0.3 is 0 Å². The summed E-state index contributed by atoms with van der Waals surface area (Å²) in [5, 5.41) is 0. The molecule has 0 spiro atoms. The molecule has 1 saturated heterocycles. The van der Waals surface area contributed by atoms with Crippen LogP contribution in [0, 0.1) is 0 Å². The van der Waals surface area contributed by atoms with Crippen LogP contribution in [0.3, 0.4) is 0 Å².